The predicted octanol–water partition coefficient (Wildman–Crippen LogP) is 7.92. The number of nitrogens with zero attached hydrogens (tertiary/aromatic N) is 2. The number of anilines is 1. The smallest absolute Gasteiger partial charge is 0.190 e. The zero-order valence-corrected chi connectivity index (χ0v) is 20.3. The summed E-state index contributed by atoms with van der Waals surface area (Å²) in [6.45, 7) is 15.2. The molecule has 0 atom stereocenters. The monoisotopic (exact) mass is 449 g/mol. The number of hydrogen-bond acceptors (Lipinski definition) is 3. The van der Waals surface area contributed by atoms with Gasteiger partial charge in [0, 0.05) is 12.3 Å². The molecule has 2 aromatic carbocycles. The fourth-order valence-electron chi connectivity index (χ4n) is 2.20. The second-order valence-corrected chi connectivity index (χ2v) is 6.90. The Bertz CT molecular complexity index is 1060. The molecule has 0 aliphatic carbocycles. The van der Waals surface area contributed by atoms with Crippen LogP contribution >= 0.6 is 0 Å². The van der Waals surface area contributed by atoms with Gasteiger partial charge in [-0.05, 0) is 44.4 Å². The first-order valence-electron chi connectivity index (χ1n) is 10.5. The first-order chi connectivity index (χ1) is 15.7. The molecule has 3 nitrogen and oxygen atoms in total. The highest BCUT2D eigenvalue weighted by Gasteiger charge is 2.08. The van der Waals surface area contributed by atoms with Crippen LogP contribution in [0.1, 0.15) is 45.7 Å². The maximum absolute atomic E-state index is 13.6. The predicted molar refractivity (Wildman–Crippen MR) is 139 cm³/mol. The van der Waals surface area contributed by atoms with Gasteiger partial charge < -0.3 is 5.73 Å². The van der Waals surface area contributed by atoms with E-state index in [9.17, 15) is 8.78 Å². The normalized spacial score (nSPS) is 9.30. The van der Waals surface area contributed by atoms with E-state index in [1.807, 2.05) is 58.9 Å². The van der Waals surface area contributed by atoms with Crippen LogP contribution in [-0.4, -0.2) is 11.2 Å². The minimum Gasteiger partial charge on any atom is -0.381 e. The Labute approximate surface area is 197 Å². The summed E-state index contributed by atoms with van der Waals surface area (Å²) in [5.74, 6) is -0.113. The molecular weight excluding hydrogens is 416 g/mol. The van der Waals surface area contributed by atoms with Gasteiger partial charge >= 0.3 is 0 Å². The summed E-state index contributed by atoms with van der Waals surface area (Å²) < 4.78 is 26.7. The first-order valence-corrected chi connectivity index (χ1v) is 10.5. The number of nitrogens with two attached hydrogens (primary N) is 1. The number of allylic oxidation sites excluding steroid dienone is 1. The van der Waals surface area contributed by atoms with Crippen LogP contribution in [0.4, 0.5) is 20.4 Å². The van der Waals surface area contributed by atoms with E-state index in [2.05, 4.69) is 53.2 Å². The van der Waals surface area contributed by atoms with E-state index < -0.39 is 11.6 Å². The number of pyridine rings is 1. The Morgan fingerprint density at radius 2 is 1.42 bits per heavy atom. The Hall–Kier alpha value is -3.78. The van der Waals surface area contributed by atoms with Crippen molar-refractivity contribution in [1.29, 1.82) is 0 Å². The van der Waals surface area contributed by atoms with Gasteiger partial charge in [0.2, 0.25) is 0 Å². The number of aryl methyl sites for hydroxylation is 1. The van der Waals surface area contributed by atoms with Gasteiger partial charge in [0.25, 0.3) is 0 Å². The minimum absolute atomic E-state index is 0.239. The Morgan fingerprint density at radius 3 is 1.88 bits per heavy atom. The molecule has 0 saturated carbocycles. The van der Waals surface area contributed by atoms with Crippen LogP contribution in [0.25, 0.3) is 11.1 Å². The van der Waals surface area contributed by atoms with Crippen LogP contribution in [0.3, 0.4) is 0 Å². The van der Waals surface area contributed by atoms with Gasteiger partial charge in [-0.15, -0.1) is 18.9 Å². The van der Waals surface area contributed by atoms with Crippen molar-refractivity contribution in [3.63, 3.8) is 0 Å². The molecule has 0 radical (unpaired) electrons. The fraction of sp³-hybridized carbons (Fsp3) is 0.214. The van der Waals surface area contributed by atoms with Crippen molar-refractivity contribution in [2.75, 3.05) is 5.73 Å². The lowest BCUT2D eigenvalue weighted by Crippen LogP contribution is -1.96. The molecule has 0 aliphatic heterocycles. The quantitative estimate of drug-likeness (QED) is 0.251. The highest BCUT2D eigenvalue weighted by Crippen LogP contribution is 2.21. The molecular formula is C28H33F2N3. The van der Waals surface area contributed by atoms with Crippen molar-refractivity contribution in [3.8, 4) is 23.5 Å². The van der Waals surface area contributed by atoms with E-state index in [0.29, 0.717) is 6.07 Å². The second kappa shape index (κ2) is 15.9. The molecule has 3 aromatic rings. The number of halogens is 2. The van der Waals surface area contributed by atoms with Crippen molar-refractivity contribution in [1.82, 2.24) is 4.98 Å². The van der Waals surface area contributed by atoms with E-state index in [1.54, 1.807) is 6.92 Å². The summed E-state index contributed by atoms with van der Waals surface area (Å²) in [4.78, 5) is 7.52. The molecule has 3 rings (SSSR count). The van der Waals surface area contributed by atoms with Gasteiger partial charge in [-0.1, -0.05) is 73.5 Å². The number of benzene rings is 2. The average molecular weight is 450 g/mol. The van der Waals surface area contributed by atoms with E-state index in [1.165, 1.54) is 17.4 Å². The third-order valence-electron chi connectivity index (χ3n) is 3.57. The van der Waals surface area contributed by atoms with E-state index in [4.69, 9.17) is 5.73 Å². The third-order valence-corrected chi connectivity index (χ3v) is 3.57. The lowest BCUT2D eigenvalue weighted by atomic mass is 10.0. The summed E-state index contributed by atoms with van der Waals surface area (Å²) in [7, 11) is 0. The van der Waals surface area contributed by atoms with Gasteiger partial charge in [-0.25, -0.2) is 18.8 Å². The standard InChI is InChI=1S/C19H15F2N3.C4H8.C3H4.C2H6/c1-12-2-6-14(7-3-12)15-8-4-13(5-9-15)11-23-19-17(21)10-16(20)18(22)24-19;1-4(2)3;1-3-2;1-2/h2-11H,1H3,(H2,22,24);1H2,2-3H3;1H,2H3;1-2H3. The molecule has 2 N–H and O–H groups in total. The zero-order chi connectivity index (χ0) is 25.4. The molecule has 174 valence electrons. The molecule has 0 aliphatic rings. The minimum atomic E-state index is -0.895. The Balaban J connectivity index is 0.000000989. The van der Waals surface area contributed by atoms with Crippen molar-refractivity contribution >= 4 is 17.9 Å². The van der Waals surface area contributed by atoms with E-state index in [0.717, 1.165) is 16.7 Å². The van der Waals surface area contributed by atoms with Crippen molar-refractivity contribution < 1.29 is 8.78 Å². The first kappa shape index (κ1) is 29.2. The number of aromatic nitrogens is 1. The van der Waals surface area contributed by atoms with E-state index in [-0.39, 0.29) is 11.6 Å². The van der Waals surface area contributed by atoms with Crippen LogP contribution in [0.2, 0.25) is 0 Å². The molecule has 0 saturated heterocycles. The molecule has 5 heteroatoms. The molecule has 1 heterocycles. The molecule has 0 bridgehead atoms. The molecule has 0 amide bonds. The number of terminal acetylenes is 1. The van der Waals surface area contributed by atoms with Crippen molar-refractivity contribution in [2.45, 2.75) is 41.5 Å². The lowest BCUT2D eigenvalue weighted by molar-refractivity contribution is 0.579. The Morgan fingerprint density at radius 1 is 1.00 bits per heavy atom. The molecule has 33 heavy (non-hydrogen) atoms. The lowest BCUT2D eigenvalue weighted by Gasteiger charge is -2.03. The number of aliphatic imine (C=N–C) groups is 1. The van der Waals surface area contributed by atoms with Gasteiger partial charge in [0.05, 0.1) is 0 Å². The molecule has 0 spiro atoms. The highest BCUT2D eigenvalue weighted by molar-refractivity contribution is 5.82. The van der Waals surface area contributed by atoms with Gasteiger partial charge in [-0.2, -0.15) is 0 Å². The number of hydrogen-bond donors (Lipinski definition) is 1. The highest BCUT2D eigenvalue weighted by atomic mass is 19.1. The summed E-state index contributed by atoms with van der Waals surface area (Å²) in [6, 6.07) is 16.5. The van der Waals surface area contributed by atoms with E-state index >= 15 is 0 Å². The maximum Gasteiger partial charge on any atom is 0.190 e. The molecule has 0 fully saturated rings. The fourth-order valence-corrected chi connectivity index (χ4v) is 2.20. The van der Waals surface area contributed by atoms with Crippen molar-refractivity contribution in [3.05, 3.63) is 89.5 Å². The summed E-state index contributed by atoms with van der Waals surface area (Å²) in [5, 5.41) is 0. The SMILES string of the molecule is C#CC.C=C(C)C.CC.Cc1ccc(-c2ccc(C=Nc3nc(N)c(F)cc3F)cc2)cc1. The largest absolute Gasteiger partial charge is 0.381 e. The topological polar surface area (TPSA) is 51.3 Å². The zero-order valence-electron chi connectivity index (χ0n) is 20.3. The Kier molecular flexibility index (Phi) is 14.1. The summed E-state index contributed by atoms with van der Waals surface area (Å²) >= 11 is 0. The maximum atomic E-state index is 13.6. The van der Waals surface area contributed by atoms with Crippen LogP contribution in [0, 0.1) is 30.9 Å². The van der Waals surface area contributed by atoms with Gasteiger partial charge in [0.15, 0.2) is 23.3 Å². The van der Waals surface area contributed by atoms with Crippen LogP contribution < -0.4 is 5.73 Å². The molecule has 0 unspecified atom stereocenters. The van der Waals surface area contributed by atoms with Crippen LogP contribution in [0.15, 0.2) is 71.7 Å². The second-order valence-electron chi connectivity index (χ2n) is 6.90. The number of nitrogen functional groups attached to an aromatic ring is 1. The van der Waals surface area contributed by atoms with Gasteiger partial charge in [-0.3, -0.25) is 0 Å². The molecule has 1 aromatic heterocycles. The van der Waals surface area contributed by atoms with Crippen LogP contribution in [-0.2, 0) is 0 Å². The van der Waals surface area contributed by atoms with Crippen molar-refractivity contribution in [2.24, 2.45) is 4.99 Å². The summed E-state index contributed by atoms with van der Waals surface area (Å²) in [5.41, 5.74) is 10.7. The van der Waals surface area contributed by atoms with Gasteiger partial charge in [0.1, 0.15) is 0 Å². The average Bonchev–Trinajstić information content (AvgIpc) is 2.78. The number of rotatable bonds is 3. The van der Waals surface area contributed by atoms with Crippen LogP contribution in [0.5, 0.6) is 0 Å². The third kappa shape index (κ3) is 11.4. The summed E-state index contributed by atoms with van der Waals surface area (Å²) in [6.07, 6.45) is 6.06.